The Balaban J connectivity index is 2.41. The van der Waals surface area contributed by atoms with Crippen molar-refractivity contribution >= 4 is 75.1 Å². The van der Waals surface area contributed by atoms with Crippen LogP contribution in [-0.2, 0) is 0 Å². The van der Waals surface area contributed by atoms with Crippen LogP contribution >= 0.6 is 75.1 Å². The van der Waals surface area contributed by atoms with E-state index in [1.165, 1.54) is 10.4 Å². The van der Waals surface area contributed by atoms with Gasteiger partial charge < -0.3 is 0 Å². The summed E-state index contributed by atoms with van der Waals surface area (Å²) >= 11 is 16.0. The van der Waals surface area contributed by atoms with Crippen molar-refractivity contribution in [1.82, 2.24) is 0 Å². The highest BCUT2D eigenvalue weighted by Crippen LogP contribution is 2.40. The minimum Gasteiger partial charge on any atom is -0.146 e. The summed E-state index contributed by atoms with van der Waals surface area (Å²) in [5, 5.41) is 2.08. The minimum atomic E-state index is 0.218. The summed E-state index contributed by atoms with van der Waals surface area (Å²) in [5.41, 5.74) is 1.23. The van der Waals surface area contributed by atoms with Gasteiger partial charge in [-0.1, -0.05) is 47.8 Å². The molecule has 5 heteroatoms. The Labute approximate surface area is 132 Å². The van der Waals surface area contributed by atoms with Crippen molar-refractivity contribution in [2.45, 2.75) is 4.83 Å². The topological polar surface area (TPSA) is 0 Å². The van der Waals surface area contributed by atoms with Crippen molar-refractivity contribution in [2.24, 2.45) is 0 Å². The van der Waals surface area contributed by atoms with E-state index in [9.17, 15) is 0 Å². The molecule has 0 aliphatic carbocycles. The first-order valence-corrected chi connectivity index (χ1v) is 8.58. The normalized spacial score (nSPS) is 12.8. The Morgan fingerprint density at radius 2 is 1.62 bits per heavy atom. The third-order valence-electron chi connectivity index (χ3n) is 2.05. The molecule has 0 saturated carbocycles. The number of halogens is 4. The van der Waals surface area contributed by atoms with Crippen molar-refractivity contribution in [1.29, 1.82) is 0 Å². The van der Waals surface area contributed by atoms with Crippen LogP contribution in [0.15, 0.2) is 43.1 Å². The largest absolute Gasteiger partial charge is 0.146 e. The molecule has 1 unspecified atom stereocenters. The van der Waals surface area contributed by atoms with Crippen LogP contribution in [0.4, 0.5) is 0 Å². The average molecular weight is 490 g/mol. The van der Waals surface area contributed by atoms with Gasteiger partial charge in [-0.3, -0.25) is 0 Å². The molecule has 0 saturated heterocycles. The number of alkyl halides is 1. The second-order valence-electron chi connectivity index (χ2n) is 3.20. The molecule has 1 aromatic heterocycles. The second kappa shape index (κ2) is 5.65. The van der Waals surface area contributed by atoms with E-state index in [1.807, 2.05) is 6.07 Å². The molecular weight excluding hydrogens is 484 g/mol. The molecule has 0 aliphatic heterocycles. The first kappa shape index (κ1) is 13.3. The Morgan fingerprint density at radius 3 is 2.12 bits per heavy atom. The molecule has 84 valence electrons. The van der Waals surface area contributed by atoms with Gasteiger partial charge in [0.05, 0.1) is 4.83 Å². The number of rotatable bonds is 2. The van der Waals surface area contributed by atoms with Gasteiger partial charge in [0.25, 0.3) is 0 Å². The van der Waals surface area contributed by atoms with E-state index in [4.69, 9.17) is 0 Å². The van der Waals surface area contributed by atoms with Crippen molar-refractivity contribution < 1.29 is 0 Å². The predicted octanol–water partition coefficient (Wildman–Crippen LogP) is 6.52. The zero-order valence-electron chi connectivity index (χ0n) is 7.88. The fourth-order valence-corrected chi connectivity index (χ4v) is 5.43. The van der Waals surface area contributed by atoms with Crippen LogP contribution in [0.5, 0.6) is 0 Å². The first-order valence-electron chi connectivity index (χ1n) is 4.41. The molecule has 0 radical (unpaired) electrons. The van der Waals surface area contributed by atoms with Crippen LogP contribution in [0.3, 0.4) is 0 Å². The van der Waals surface area contributed by atoms with E-state index in [0.717, 1.165) is 13.4 Å². The third kappa shape index (κ3) is 2.99. The second-order valence-corrected chi connectivity index (χ2v) is 7.75. The maximum absolute atomic E-state index is 3.73. The van der Waals surface area contributed by atoms with Gasteiger partial charge in [0, 0.05) is 18.3 Å². The Kier molecular flexibility index (Phi) is 4.69. The summed E-state index contributed by atoms with van der Waals surface area (Å²) in [6, 6.07) is 8.35. The van der Waals surface area contributed by atoms with Crippen molar-refractivity contribution in [3.8, 4) is 0 Å². The number of benzene rings is 1. The highest BCUT2D eigenvalue weighted by atomic mass is 79.9. The molecule has 2 aromatic rings. The Morgan fingerprint density at radius 1 is 1.00 bits per heavy atom. The predicted molar refractivity (Wildman–Crippen MR) is 84.6 cm³/mol. The molecule has 2 rings (SSSR count). The van der Waals surface area contributed by atoms with Gasteiger partial charge >= 0.3 is 0 Å². The zero-order valence-corrected chi connectivity index (χ0v) is 15.0. The van der Waals surface area contributed by atoms with Crippen LogP contribution in [0, 0.1) is 0 Å². The maximum atomic E-state index is 3.73. The van der Waals surface area contributed by atoms with Crippen molar-refractivity contribution in [3.63, 3.8) is 0 Å². The molecular formula is C11H6Br4S. The summed E-state index contributed by atoms with van der Waals surface area (Å²) in [6.45, 7) is 0. The lowest BCUT2D eigenvalue weighted by Crippen LogP contribution is -1.90. The van der Waals surface area contributed by atoms with Crippen LogP contribution in [0.25, 0.3) is 0 Å². The summed E-state index contributed by atoms with van der Waals surface area (Å²) in [5.74, 6) is 0. The first-order chi connectivity index (χ1) is 7.58. The summed E-state index contributed by atoms with van der Waals surface area (Å²) in [6.07, 6.45) is 0. The van der Waals surface area contributed by atoms with Crippen LogP contribution in [0.2, 0.25) is 0 Å². The maximum Gasteiger partial charge on any atom is 0.0750 e. The molecule has 1 atom stereocenters. The molecule has 0 fully saturated rings. The van der Waals surface area contributed by atoms with E-state index in [1.54, 1.807) is 11.3 Å². The summed E-state index contributed by atoms with van der Waals surface area (Å²) in [4.78, 5) is 1.50. The van der Waals surface area contributed by atoms with Gasteiger partial charge in [-0.05, 0) is 51.1 Å². The van der Waals surface area contributed by atoms with Crippen molar-refractivity contribution in [2.75, 3.05) is 0 Å². The monoisotopic (exact) mass is 486 g/mol. The Hall–Kier alpha value is 0.840. The summed E-state index contributed by atoms with van der Waals surface area (Å²) < 4.78 is 3.30. The lowest BCUT2D eigenvalue weighted by atomic mass is 10.1. The highest BCUT2D eigenvalue weighted by molar-refractivity contribution is 9.11. The van der Waals surface area contributed by atoms with E-state index in [2.05, 4.69) is 87.3 Å². The smallest absolute Gasteiger partial charge is 0.0750 e. The van der Waals surface area contributed by atoms with Gasteiger partial charge in [-0.15, -0.1) is 11.3 Å². The number of hydrogen-bond acceptors (Lipinski definition) is 1. The van der Waals surface area contributed by atoms with Crippen molar-refractivity contribution in [3.05, 3.63) is 53.5 Å². The average Bonchev–Trinajstić information content (AvgIpc) is 2.62. The molecule has 0 aliphatic rings. The minimum absolute atomic E-state index is 0.218. The number of hydrogen-bond donors (Lipinski definition) is 0. The summed E-state index contributed by atoms with van der Waals surface area (Å²) in [7, 11) is 0. The number of thiophene rings is 1. The van der Waals surface area contributed by atoms with Gasteiger partial charge in [0.2, 0.25) is 0 Å². The van der Waals surface area contributed by atoms with Gasteiger partial charge in [0.1, 0.15) is 0 Å². The molecule has 0 spiro atoms. The molecule has 1 heterocycles. The van der Waals surface area contributed by atoms with Crippen LogP contribution in [0.1, 0.15) is 15.3 Å². The molecule has 0 bridgehead atoms. The molecule has 0 N–H and O–H groups in total. The fourth-order valence-electron chi connectivity index (χ4n) is 1.36. The third-order valence-corrected chi connectivity index (χ3v) is 6.19. The van der Waals surface area contributed by atoms with Crippen LogP contribution in [-0.4, -0.2) is 0 Å². The SMILES string of the molecule is Brc1cc(Br)cc(C(Br)c2sccc2Br)c1. The zero-order chi connectivity index (χ0) is 11.7. The van der Waals surface area contributed by atoms with E-state index in [0.29, 0.717) is 0 Å². The molecule has 1 aromatic carbocycles. The van der Waals surface area contributed by atoms with E-state index < -0.39 is 0 Å². The van der Waals surface area contributed by atoms with Gasteiger partial charge in [-0.25, -0.2) is 0 Å². The standard InChI is InChI=1S/C11H6Br4S/c12-7-3-6(4-8(13)5-7)10(15)11-9(14)1-2-16-11/h1-5,10H. The van der Waals surface area contributed by atoms with E-state index in [-0.39, 0.29) is 4.83 Å². The molecule has 16 heavy (non-hydrogen) atoms. The quantitative estimate of drug-likeness (QED) is 0.421. The lowest BCUT2D eigenvalue weighted by molar-refractivity contribution is 1.20. The van der Waals surface area contributed by atoms with Gasteiger partial charge in [0.15, 0.2) is 0 Å². The lowest BCUT2D eigenvalue weighted by Gasteiger charge is -2.10. The van der Waals surface area contributed by atoms with Gasteiger partial charge in [-0.2, -0.15) is 0 Å². The fraction of sp³-hybridized carbons (Fsp3) is 0.0909. The Bertz CT molecular complexity index is 486. The van der Waals surface area contributed by atoms with Crippen LogP contribution < -0.4 is 0 Å². The molecule has 0 amide bonds. The molecule has 0 nitrogen and oxygen atoms in total. The highest BCUT2D eigenvalue weighted by Gasteiger charge is 2.15. The van der Waals surface area contributed by atoms with E-state index >= 15 is 0 Å².